The Bertz CT molecular complexity index is 517. The van der Waals surface area contributed by atoms with Gasteiger partial charge in [0.15, 0.2) is 0 Å². The van der Waals surface area contributed by atoms with Crippen LogP contribution in [-0.4, -0.2) is 36.4 Å². The van der Waals surface area contributed by atoms with Gasteiger partial charge in [0.1, 0.15) is 5.75 Å². The smallest absolute Gasteiger partial charge is 0.253 e. The molecule has 0 unspecified atom stereocenters. The molecule has 2 N–H and O–H groups in total. The molecule has 0 saturated carbocycles. The number of rotatable bonds is 5. The van der Waals surface area contributed by atoms with Gasteiger partial charge in [-0.2, -0.15) is 0 Å². The zero-order valence-electron chi connectivity index (χ0n) is 13.2. The minimum Gasteiger partial charge on any atom is -0.493 e. The number of hydrogen-bond acceptors (Lipinski definition) is 3. The van der Waals surface area contributed by atoms with E-state index >= 15 is 0 Å². The Morgan fingerprint density at radius 2 is 1.82 bits per heavy atom. The van der Waals surface area contributed by atoms with Crippen LogP contribution in [0.15, 0.2) is 24.3 Å². The molecule has 0 spiro atoms. The Kier molecular flexibility index (Phi) is 5.41. The normalized spacial score (nSPS) is 15.9. The Balaban J connectivity index is 1.91. The van der Waals surface area contributed by atoms with Crippen LogP contribution in [-0.2, 0) is 4.79 Å². The van der Waals surface area contributed by atoms with E-state index in [4.69, 9.17) is 10.5 Å². The summed E-state index contributed by atoms with van der Waals surface area (Å²) >= 11 is 0. The molecule has 1 aromatic rings. The molecular formula is C17H24N2O3. The van der Waals surface area contributed by atoms with E-state index in [1.54, 1.807) is 17.0 Å². The first kappa shape index (κ1) is 16.3. The van der Waals surface area contributed by atoms with Crippen molar-refractivity contribution in [2.24, 2.45) is 17.6 Å². The van der Waals surface area contributed by atoms with Crippen LogP contribution in [0, 0.1) is 11.8 Å². The fourth-order valence-electron chi connectivity index (χ4n) is 2.51. The molecule has 5 heteroatoms. The summed E-state index contributed by atoms with van der Waals surface area (Å²) in [7, 11) is 0. The van der Waals surface area contributed by atoms with Gasteiger partial charge in [0.25, 0.3) is 5.91 Å². The molecule has 1 fully saturated rings. The number of carbonyl (C=O) groups is 2. The van der Waals surface area contributed by atoms with Crippen molar-refractivity contribution in [3.63, 3.8) is 0 Å². The monoisotopic (exact) mass is 304 g/mol. The Hall–Kier alpha value is -2.04. The van der Waals surface area contributed by atoms with Crippen molar-refractivity contribution in [2.45, 2.75) is 26.7 Å². The maximum absolute atomic E-state index is 12.4. The molecule has 1 saturated heterocycles. The summed E-state index contributed by atoms with van der Waals surface area (Å²) in [5.74, 6) is 0.874. The number of likely N-dealkylation sites (tertiary alicyclic amines) is 1. The van der Waals surface area contributed by atoms with Crippen molar-refractivity contribution < 1.29 is 14.3 Å². The largest absolute Gasteiger partial charge is 0.493 e. The second kappa shape index (κ2) is 7.29. The third kappa shape index (κ3) is 4.23. The van der Waals surface area contributed by atoms with Crippen LogP contribution >= 0.6 is 0 Å². The second-order valence-electron chi connectivity index (χ2n) is 6.20. The number of benzene rings is 1. The number of amides is 2. The van der Waals surface area contributed by atoms with Crippen LogP contribution in [0.5, 0.6) is 5.75 Å². The zero-order valence-corrected chi connectivity index (χ0v) is 13.2. The molecule has 5 nitrogen and oxygen atoms in total. The van der Waals surface area contributed by atoms with Crippen molar-refractivity contribution >= 4 is 11.8 Å². The maximum atomic E-state index is 12.4. The van der Waals surface area contributed by atoms with Gasteiger partial charge in [0, 0.05) is 24.6 Å². The van der Waals surface area contributed by atoms with Gasteiger partial charge in [0.05, 0.1) is 6.61 Å². The Morgan fingerprint density at radius 3 is 2.32 bits per heavy atom. The highest BCUT2D eigenvalue weighted by Gasteiger charge is 2.26. The van der Waals surface area contributed by atoms with Gasteiger partial charge in [-0.1, -0.05) is 13.8 Å². The van der Waals surface area contributed by atoms with E-state index in [2.05, 4.69) is 13.8 Å². The SMILES string of the molecule is CC(C)COc1ccc(C(=O)N2CCC(C(N)=O)CC2)cc1. The van der Waals surface area contributed by atoms with Gasteiger partial charge < -0.3 is 15.4 Å². The van der Waals surface area contributed by atoms with Crippen LogP contribution in [0.4, 0.5) is 0 Å². The van der Waals surface area contributed by atoms with Crippen LogP contribution in [0.25, 0.3) is 0 Å². The van der Waals surface area contributed by atoms with Crippen LogP contribution in [0.3, 0.4) is 0 Å². The molecule has 1 aliphatic rings. The minimum absolute atomic E-state index is 0.00155. The van der Waals surface area contributed by atoms with E-state index in [0.717, 1.165) is 5.75 Å². The van der Waals surface area contributed by atoms with Gasteiger partial charge >= 0.3 is 0 Å². The molecule has 22 heavy (non-hydrogen) atoms. The average Bonchev–Trinajstić information content (AvgIpc) is 2.53. The van der Waals surface area contributed by atoms with Crippen molar-refractivity contribution in [3.05, 3.63) is 29.8 Å². The molecule has 2 rings (SSSR count). The van der Waals surface area contributed by atoms with Gasteiger partial charge in [-0.05, 0) is 43.0 Å². The number of carbonyl (C=O) groups excluding carboxylic acids is 2. The van der Waals surface area contributed by atoms with Crippen molar-refractivity contribution in [1.82, 2.24) is 4.90 Å². The first-order chi connectivity index (χ1) is 10.5. The minimum atomic E-state index is -0.265. The highest BCUT2D eigenvalue weighted by atomic mass is 16.5. The van der Waals surface area contributed by atoms with Gasteiger partial charge in [-0.15, -0.1) is 0 Å². The lowest BCUT2D eigenvalue weighted by Gasteiger charge is -2.30. The van der Waals surface area contributed by atoms with E-state index in [-0.39, 0.29) is 17.7 Å². The standard InChI is InChI=1S/C17H24N2O3/c1-12(2)11-22-15-5-3-14(4-6-15)17(21)19-9-7-13(8-10-19)16(18)20/h3-6,12-13H,7-11H2,1-2H3,(H2,18,20). The number of hydrogen-bond donors (Lipinski definition) is 1. The highest BCUT2D eigenvalue weighted by Crippen LogP contribution is 2.20. The van der Waals surface area contributed by atoms with Gasteiger partial charge in [0.2, 0.25) is 5.91 Å². The molecule has 0 bridgehead atoms. The first-order valence-corrected chi connectivity index (χ1v) is 7.79. The van der Waals surface area contributed by atoms with Crippen LogP contribution < -0.4 is 10.5 Å². The van der Waals surface area contributed by atoms with Crippen molar-refractivity contribution in [2.75, 3.05) is 19.7 Å². The van der Waals surface area contributed by atoms with Crippen LogP contribution in [0.1, 0.15) is 37.0 Å². The fraction of sp³-hybridized carbons (Fsp3) is 0.529. The summed E-state index contributed by atoms with van der Waals surface area (Å²) in [5, 5.41) is 0. The molecule has 1 aliphatic heterocycles. The maximum Gasteiger partial charge on any atom is 0.253 e. The van der Waals surface area contributed by atoms with Gasteiger partial charge in [-0.25, -0.2) is 0 Å². The summed E-state index contributed by atoms with van der Waals surface area (Å²) in [6.07, 6.45) is 1.30. The summed E-state index contributed by atoms with van der Waals surface area (Å²) in [4.78, 5) is 25.4. The van der Waals surface area contributed by atoms with Crippen molar-refractivity contribution in [1.29, 1.82) is 0 Å². The lowest BCUT2D eigenvalue weighted by Crippen LogP contribution is -2.41. The van der Waals surface area contributed by atoms with Crippen LogP contribution in [0.2, 0.25) is 0 Å². The van der Waals surface area contributed by atoms with E-state index in [9.17, 15) is 9.59 Å². The number of ether oxygens (including phenoxy) is 1. The van der Waals surface area contributed by atoms with E-state index in [0.29, 0.717) is 44.0 Å². The lowest BCUT2D eigenvalue weighted by atomic mass is 9.96. The molecule has 1 heterocycles. The Morgan fingerprint density at radius 1 is 1.23 bits per heavy atom. The number of piperidine rings is 1. The molecule has 1 aromatic carbocycles. The number of nitrogens with two attached hydrogens (primary N) is 1. The van der Waals surface area contributed by atoms with Gasteiger partial charge in [-0.3, -0.25) is 9.59 Å². The zero-order chi connectivity index (χ0) is 16.1. The quantitative estimate of drug-likeness (QED) is 0.905. The lowest BCUT2D eigenvalue weighted by molar-refractivity contribution is -0.123. The molecule has 0 atom stereocenters. The number of nitrogens with zero attached hydrogens (tertiary/aromatic N) is 1. The molecule has 0 aromatic heterocycles. The van der Waals surface area contributed by atoms with E-state index < -0.39 is 0 Å². The summed E-state index contributed by atoms with van der Waals surface area (Å²) in [5.41, 5.74) is 5.96. The molecule has 0 aliphatic carbocycles. The predicted octanol–water partition coefficient (Wildman–Crippen LogP) is 2.06. The molecular weight excluding hydrogens is 280 g/mol. The summed E-state index contributed by atoms with van der Waals surface area (Å²) < 4.78 is 5.61. The third-order valence-corrected chi connectivity index (χ3v) is 3.87. The average molecular weight is 304 g/mol. The first-order valence-electron chi connectivity index (χ1n) is 7.79. The highest BCUT2D eigenvalue weighted by molar-refractivity contribution is 5.94. The van der Waals surface area contributed by atoms with E-state index in [1.165, 1.54) is 0 Å². The molecule has 0 radical (unpaired) electrons. The Labute approximate surface area is 131 Å². The van der Waals surface area contributed by atoms with E-state index in [1.807, 2.05) is 12.1 Å². The summed E-state index contributed by atoms with van der Waals surface area (Å²) in [6, 6.07) is 7.23. The summed E-state index contributed by atoms with van der Waals surface area (Å²) in [6.45, 7) is 6.01. The topological polar surface area (TPSA) is 72.6 Å². The van der Waals surface area contributed by atoms with Crippen molar-refractivity contribution in [3.8, 4) is 5.75 Å². The molecule has 120 valence electrons. The second-order valence-corrected chi connectivity index (χ2v) is 6.20. The fourth-order valence-corrected chi connectivity index (χ4v) is 2.51. The number of primary amides is 1. The predicted molar refractivity (Wildman–Crippen MR) is 84.6 cm³/mol. The third-order valence-electron chi connectivity index (χ3n) is 3.87. The molecule has 2 amide bonds.